The molecule has 1 aliphatic rings. The summed E-state index contributed by atoms with van der Waals surface area (Å²) >= 11 is 0. The fraction of sp³-hybridized carbons (Fsp3) is 0.462. The van der Waals surface area contributed by atoms with Crippen LogP contribution in [0.2, 0.25) is 0 Å². The number of benzene rings is 2. The normalized spacial score (nSPS) is 13.8. The molecule has 0 amide bonds. The number of aliphatic hydroxyl groups excluding tert-OH is 1. The molecule has 5 rings (SSSR count). The molecule has 44 heavy (non-hydrogen) atoms. The predicted octanol–water partition coefficient (Wildman–Crippen LogP) is 10.3. The van der Waals surface area contributed by atoms with Gasteiger partial charge in [0.25, 0.3) is 0 Å². The first-order chi connectivity index (χ1) is 20.4. The number of aliphatic hydroxyl groups is 1. The first kappa shape index (κ1) is 35.6. The Morgan fingerprint density at radius 1 is 0.932 bits per heavy atom. The van der Waals surface area contributed by atoms with Crippen molar-refractivity contribution in [1.82, 2.24) is 9.97 Å². The van der Waals surface area contributed by atoms with E-state index in [4.69, 9.17) is 4.98 Å². The minimum absolute atomic E-state index is 0. The summed E-state index contributed by atoms with van der Waals surface area (Å²) in [4.78, 5) is 21.4. The van der Waals surface area contributed by atoms with Gasteiger partial charge in [-0.25, -0.2) is 0 Å². The first-order valence-electron chi connectivity index (χ1n) is 16.0. The Morgan fingerprint density at radius 3 is 2.16 bits per heavy atom. The fourth-order valence-corrected chi connectivity index (χ4v) is 6.43. The van der Waals surface area contributed by atoms with E-state index in [0.29, 0.717) is 0 Å². The molecular weight excluding hydrogens is 721 g/mol. The average Bonchev–Trinajstić information content (AvgIpc) is 2.96. The van der Waals surface area contributed by atoms with Crippen molar-refractivity contribution in [2.75, 3.05) is 0 Å². The van der Waals surface area contributed by atoms with Crippen LogP contribution < -0.4 is 0 Å². The quantitative estimate of drug-likeness (QED) is 0.110. The van der Waals surface area contributed by atoms with Crippen molar-refractivity contribution in [2.24, 2.45) is 17.3 Å². The van der Waals surface area contributed by atoms with Crippen LogP contribution in [0.4, 0.5) is 0 Å². The van der Waals surface area contributed by atoms with Crippen LogP contribution in [-0.4, -0.2) is 20.9 Å². The van der Waals surface area contributed by atoms with Gasteiger partial charge in [-0.15, -0.1) is 0 Å². The van der Waals surface area contributed by atoms with E-state index in [-0.39, 0.29) is 54.3 Å². The number of carbonyl (C=O) groups is 1. The van der Waals surface area contributed by atoms with Gasteiger partial charge in [0.15, 0.2) is 5.78 Å². The van der Waals surface area contributed by atoms with Crippen molar-refractivity contribution in [3.05, 3.63) is 83.3 Å². The van der Waals surface area contributed by atoms with Gasteiger partial charge in [0.2, 0.25) is 0 Å². The summed E-state index contributed by atoms with van der Waals surface area (Å²) in [6, 6.07) is 18.7. The zero-order valence-corrected chi connectivity index (χ0v) is 30.4. The standard InChI is InChI=1S/C26H25N2.C13H24O2.Ir/c1-25(2,3)15-16-8-6-10-21-18(16)14-20-24(28-21)17-12-13-27-22-11-7-9-19(23(17)22)26(20,4)5;1-5-10(6-2)12(14)9-13(15)11(7-3)8-4;/h6-11,13-14H,15H2,1-5H3;9-11,14H,5-8H2,1-4H3;/q-1;;/b;12-9-;. The van der Waals surface area contributed by atoms with Gasteiger partial charge in [-0.1, -0.05) is 109 Å². The number of aromatic nitrogens is 2. The van der Waals surface area contributed by atoms with E-state index in [1.54, 1.807) is 6.20 Å². The Kier molecular flexibility index (Phi) is 11.7. The molecule has 1 radical (unpaired) electrons. The Balaban J connectivity index is 0.000000286. The van der Waals surface area contributed by atoms with Crippen LogP contribution in [0.1, 0.15) is 105 Å². The molecule has 2 aromatic carbocycles. The van der Waals surface area contributed by atoms with E-state index in [0.717, 1.165) is 54.4 Å². The monoisotopic (exact) mass is 770 g/mol. The molecule has 5 heteroatoms. The minimum Gasteiger partial charge on any atom is -0.512 e. The Bertz CT molecular complexity index is 1630. The average molecular weight is 770 g/mol. The second-order valence-corrected chi connectivity index (χ2v) is 13.7. The third-order valence-electron chi connectivity index (χ3n) is 9.04. The van der Waals surface area contributed by atoms with Crippen molar-refractivity contribution in [1.29, 1.82) is 0 Å². The summed E-state index contributed by atoms with van der Waals surface area (Å²) in [6.07, 6.45) is 7.72. The third kappa shape index (κ3) is 7.32. The number of rotatable bonds is 8. The van der Waals surface area contributed by atoms with Crippen LogP contribution in [0.15, 0.2) is 60.5 Å². The molecule has 0 aliphatic heterocycles. The maximum absolute atomic E-state index is 11.7. The van der Waals surface area contributed by atoms with Crippen LogP contribution >= 0.6 is 0 Å². The molecule has 2 aromatic heterocycles. The van der Waals surface area contributed by atoms with Gasteiger partial charge in [-0.05, 0) is 72.5 Å². The topological polar surface area (TPSA) is 63.1 Å². The van der Waals surface area contributed by atoms with E-state index >= 15 is 0 Å². The molecule has 4 aromatic rings. The molecule has 0 bridgehead atoms. The summed E-state index contributed by atoms with van der Waals surface area (Å²) < 4.78 is 0. The summed E-state index contributed by atoms with van der Waals surface area (Å²) in [5.74, 6) is 0.547. The van der Waals surface area contributed by atoms with Gasteiger partial charge in [0.1, 0.15) is 0 Å². The summed E-state index contributed by atoms with van der Waals surface area (Å²) in [5, 5.41) is 12.2. The molecule has 2 heterocycles. The Labute approximate surface area is 278 Å². The van der Waals surface area contributed by atoms with Crippen LogP contribution in [0.3, 0.4) is 0 Å². The summed E-state index contributed by atoms with van der Waals surface area (Å²) in [5.41, 5.74) is 8.29. The zero-order chi connectivity index (χ0) is 31.5. The molecule has 0 fully saturated rings. The van der Waals surface area contributed by atoms with Gasteiger partial charge in [-0.3, -0.25) is 9.78 Å². The van der Waals surface area contributed by atoms with E-state index in [9.17, 15) is 9.90 Å². The molecule has 1 N–H and O–H groups in total. The molecule has 237 valence electrons. The van der Waals surface area contributed by atoms with Crippen LogP contribution in [-0.2, 0) is 36.7 Å². The number of nitrogens with zero attached hydrogens (tertiary/aromatic N) is 2. The molecule has 0 saturated carbocycles. The van der Waals surface area contributed by atoms with Crippen LogP contribution in [0.25, 0.3) is 33.1 Å². The Hall–Kier alpha value is -2.88. The Morgan fingerprint density at radius 2 is 1.55 bits per heavy atom. The zero-order valence-electron chi connectivity index (χ0n) is 28.0. The SMILES string of the molecule is CC(C)(C)Cc1cccc2nc3c(cc12)C(C)(C)c1cccc2nc[c-]c-3c12.CCC(CC)C(=O)/C=C(\O)C(CC)CC.[Ir]. The smallest absolute Gasteiger partial charge is 0.162 e. The van der Waals surface area contributed by atoms with E-state index in [1.807, 2.05) is 27.7 Å². The number of pyridine rings is 2. The number of hydrogen-bond acceptors (Lipinski definition) is 4. The number of ketones is 1. The van der Waals surface area contributed by atoms with Gasteiger partial charge in [0, 0.05) is 48.9 Å². The maximum atomic E-state index is 11.7. The number of hydrogen-bond donors (Lipinski definition) is 1. The first-order valence-corrected chi connectivity index (χ1v) is 16.0. The number of carbonyl (C=O) groups excluding carboxylic acids is 1. The van der Waals surface area contributed by atoms with Gasteiger partial charge < -0.3 is 10.1 Å². The second kappa shape index (κ2) is 14.5. The fourth-order valence-electron chi connectivity index (χ4n) is 6.43. The van der Waals surface area contributed by atoms with E-state index in [2.05, 4.69) is 88.1 Å². The van der Waals surface area contributed by atoms with E-state index in [1.165, 1.54) is 33.5 Å². The predicted molar refractivity (Wildman–Crippen MR) is 180 cm³/mol. The van der Waals surface area contributed by atoms with Gasteiger partial charge in [-0.2, -0.15) is 11.6 Å². The van der Waals surface area contributed by atoms with Crippen molar-refractivity contribution in [3.63, 3.8) is 0 Å². The second-order valence-electron chi connectivity index (χ2n) is 13.7. The van der Waals surface area contributed by atoms with Crippen molar-refractivity contribution in [2.45, 2.75) is 99.8 Å². The van der Waals surface area contributed by atoms with Gasteiger partial charge >= 0.3 is 0 Å². The number of allylic oxidation sites excluding steroid dienone is 2. The van der Waals surface area contributed by atoms with E-state index < -0.39 is 0 Å². The van der Waals surface area contributed by atoms with Crippen molar-refractivity contribution >= 4 is 27.6 Å². The van der Waals surface area contributed by atoms with Crippen molar-refractivity contribution in [3.8, 4) is 11.3 Å². The number of fused-ring (bicyclic) bond motifs is 3. The molecular formula is C39H49IrN2O2-. The van der Waals surface area contributed by atoms with Crippen molar-refractivity contribution < 1.29 is 30.0 Å². The minimum atomic E-state index is -0.130. The molecule has 0 spiro atoms. The summed E-state index contributed by atoms with van der Waals surface area (Å²) in [7, 11) is 0. The molecule has 4 nitrogen and oxygen atoms in total. The summed E-state index contributed by atoms with van der Waals surface area (Å²) in [6.45, 7) is 19.6. The largest absolute Gasteiger partial charge is 0.512 e. The molecule has 0 unspecified atom stereocenters. The maximum Gasteiger partial charge on any atom is 0.162 e. The van der Waals surface area contributed by atoms with Gasteiger partial charge in [0.05, 0.1) is 11.3 Å². The third-order valence-corrected chi connectivity index (χ3v) is 9.04. The molecule has 1 aliphatic carbocycles. The molecule has 0 saturated heterocycles. The molecule has 0 atom stereocenters. The van der Waals surface area contributed by atoms with Crippen LogP contribution in [0.5, 0.6) is 0 Å². The van der Waals surface area contributed by atoms with Crippen LogP contribution in [0, 0.1) is 23.3 Å².